The first-order valence-electron chi connectivity index (χ1n) is 6.06. The van der Waals surface area contributed by atoms with Crippen molar-refractivity contribution in [2.75, 3.05) is 7.11 Å². The minimum atomic E-state index is -0.662. The molecule has 0 fully saturated rings. The number of amides is 1. The molecule has 5 nitrogen and oxygen atoms in total. The fourth-order valence-corrected chi connectivity index (χ4v) is 1.48. The number of carbonyl (C=O) groups excluding carboxylic acids is 2. The van der Waals surface area contributed by atoms with Crippen LogP contribution in [0.2, 0.25) is 0 Å². The van der Waals surface area contributed by atoms with Crippen LogP contribution in [0.5, 0.6) is 0 Å². The van der Waals surface area contributed by atoms with E-state index in [2.05, 4.69) is 10.1 Å². The summed E-state index contributed by atoms with van der Waals surface area (Å²) < 4.78 is 22.8. The quantitative estimate of drug-likeness (QED) is 0.866. The molecule has 0 spiro atoms. The van der Waals surface area contributed by atoms with E-state index in [9.17, 15) is 14.0 Å². The normalized spacial score (nSPS) is 10.8. The lowest BCUT2D eigenvalue weighted by atomic mass is 10.1. The van der Waals surface area contributed by atoms with E-state index < -0.39 is 23.5 Å². The number of rotatable bonds is 3. The van der Waals surface area contributed by atoms with E-state index in [0.717, 1.165) is 6.07 Å². The molecule has 0 heterocycles. The third-order valence-corrected chi connectivity index (χ3v) is 2.30. The molecule has 1 amide bonds. The Morgan fingerprint density at radius 2 is 1.95 bits per heavy atom. The van der Waals surface area contributed by atoms with Crippen LogP contribution in [-0.2, 0) is 16.0 Å². The fourth-order valence-electron chi connectivity index (χ4n) is 1.48. The number of hydrogen-bond donors (Lipinski definition) is 1. The van der Waals surface area contributed by atoms with Gasteiger partial charge in [-0.1, -0.05) is 6.07 Å². The van der Waals surface area contributed by atoms with Gasteiger partial charge in [0.1, 0.15) is 11.4 Å². The first kappa shape index (κ1) is 15.9. The van der Waals surface area contributed by atoms with Crippen molar-refractivity contribution in [3.05, 3.63) is 35.1 Å². The molecule has 0 saturated carbocycles. The van der Waals surface area contributed by atoms with E-state index in [1.165, 1.54) is 19.2 Å². The van der Waals surface area contributed by atoms with Gasteiger partial charge in [-0.3, -0.25) is 0 Å². The Kier molecular flexibility index (Phi) is 5.07. The maximum Gasteiger partial charge on any atom is 0.407 e. The highest BCUT2D eigenvalue weighted by Gasteiger charge is 2.17. The summed E-state index contributed by atoms with van der Waals surface area (Å²) in [6, 6.07) is 3.69. The van der Waals surface area contributed by atoms with Crippen LogP contribution in [0.3, 0.4) is 0 Å². The molecular formula is C14H18FNO4. The number of methoxy groups -OCH3 is 1. The van der Waals surface area contributed by atoms with E-state index in [-0.39, 0.29) is 12.1 Å². The van der Waals surface area contributed by atoms with Crippen LogP contribution in [0, 0.1) is 5.82 Å². The summed E-state index contributed by atoms with van der Waals surface area (Å²) in [5.41, 5.74) is -0.0920. The zero-order valence-electron chi connectivity index (χ0n) is 12.0. The van der Waals surface area contributed by atoms with Gasteiger partial charge in [-0.2, -0.15) is 0 Å². The number of ether oxygens (including phenoxy) is 2. The van der Waals surface area contributed by atoms with Gasteiger partial charge in [0.2, 0.25) is 0 Å². The highest BCUT2D eigenvalue weighted by atomic mass is 19.1. The van der Waals surface area contributed by atoms with Crippen LogP contribution in [0.15, 0.2) is 18.2 Å². The Labute approximate surface area is 117 Å². The standard InChI is InChI=1S/C14H18FNO4/c1-14(2,3)20-13(18)16-8-9-5-6-10(15)7-11(9)12(17)19-4/h5-7H,8H2,1-4H3,(H,16,18). The summed E-state index contributed by atoms with van der Waals surface area (Å²) in [5.74, 6) is -1.21. The molecule has 0 aromatic heterocycles. The first-order chi connectivity index (χ1) is 9.23. The molecule has 1 rings (SSSR count). The number of hydrogen-bond acceptors (Lipinski definition) is 4. The number of nitrogens with one attached hydrogen (secondary N) is 1. The van der Waals surface area contributed by atoms with E-state index in [1.807, 2.05) is 0 Å². The SMILES string of the molecule is COC(=O)c1cc(F)ccc1CNC(=O)OC(C)(C)C. The van der Waals surface area contributed by atoms with Gasteiger partial charge in [0.25, 0.3) is 0 Å². The maximum absolute atomic E-state index is 13.1. The van der Waals surface area contributed by atoms with Crippen LogP contribution in [0.1, 0.15) is 36.7 Å². The van der Waals surface area contributed by atoms with E-state index >= 15 is 0 Å². The zero-order chi connectivity index (χ0) is 15.3. The van der Waals surface area contributed by atoms with Gasteiger partial charge in [-0.15, -0.1) is 0 Å². The summed E-state index contributed by atoms with van der Waals surface area (Å²) >= 11 is 0. The highest BCUT2D eigenvalue weighted by Crippen LogP contribution is 2.13. The van der Waals surface area contributed by atoms with Crippen molar-refractivity contribution in [2.45, 2.75) is 32.9 Å². The summed E-state index contributed by atoms with van der Waals surface area (Å²) in [4.78, 5) is 23.1. The van der Waals surface area contributed by atoms with E-state index in [0.29, 0.717) is 5.56 Å². The minimum Gasteiger partial charge on any atom is -0.465 e. The predicted octanol–water partition coefficient (Wildman–Crippen LogP) is 2.64. The van der Waals surface area contributed by atoms with Crippen LogP contribution in [0.25, 0.3) is 0 Å². The van der Waals surface area contributed by atoms with Crippen LogP contribution < -0.4 is 5.32 Å². The largest absolute Gasteiger partial charge is 0.465 e. The number of benzene rings is 1. The van der Waals surface area contributed by atoms with Gasteiger partial charge in [0.15, 0.2) is 0 Å². The molecule has 0 aliphatic carbocycles. The molecule has 110 valence electrons. The lowest BCUT2D eigenvalue weighted by Crippen LogP contribution is -2.32. The van der Waals surface area contributed by atoms with Crippen molar-refractivity contribution in [3.8, 4) is 0 Å². The van der Waals surface area contributed by atoms with E-state index in [1.54, 1.807) is 20.8 Å². The average Bonchev–Trinajstić information content (AvgIpc) is 2.34. The molecule has 20 heavy (non-hydrogen) atoms. The molecule has 1 N–H and O–H groups in total. The van der Waals surface area contributed by atoms with Gasteiger partial charge in [0, 0.05) is 6.54 Å². The zero-order valence-corrected chi connectivity index (χ0v) is 12.0. The van der Waals surface area contributed by atoms with Crippen LogP contribution in [-0.4, -0.2) is 24.8 Å². The van der Waals surface area contributed by atoms with Crippen molar-refractivity contribution in [3.63, 3.8) is 0 Å². The molecule has 1 aromatic rings. The molecule has 0 saturated heterocycles. The second kappa shape index (κ2) is 6.36. The fraction of sp³-hybridized carbons (Fsp3) is 0.429. The van der Waals surface area contributed by atoms with Gasteiger partial charge < -0.3 is 14.8 Å². The van der Waals surface area contributed by atoms with E-state index in [4.69, 9.17) is 4.74 Å². The smallest absolute Gasteiger partial charge is 0.407 e. The monoisotopic (exact) mass is 283 g/mol. The molecule has 6 heteroatoms. The van der Waals surface area contributed by atoms with Crippen molar-refractivity contribution in [2.24, 2.45) is 0 Å². The molecular weight excluding hydrogens is 265 g/mol. The molecule has 1 aromatic carbocycles. The van der Waals surface area contributed by atoms with Crippen LogP contribution >= 0.6 is 0 Å². The second-order valence-corrected chi connectivity index (χ2v) is 5.15. The van der Waals surface area contributed by atoms with Crippen LogP contribution in [0.4, 0.5) is 9.18 Å². The molecule has 0 unspecified atom stereocenters. The summed E-state index contributed by atoms with van der Waals surface area (Å²) in [6.07, 6.45) is -0.613. The molecule has 0 aliphatic rings. The van der Waals surface area contributed by atoms with Gasteiger partial charge in [-0.05, 0) is 38.5 Å². The summed E-state index contributed by atoms with van der Waals surface area (Å²) in [6.45, 7) is 5.26. The lowest BCUT2D eigenvalue weighted by Gasteiger charge is -2.20. The van der Waals surface area contributed by atoms with Gasteiger partial charge in [0.05, 0.1) is 12.7 Å². The maximum atomic E-state index is 13.1. The molecule has 0 aliphatic heterocycles. The third-order valence-electron chi connectivity index (χ3n) is 2.30. The Balaban J connectivity index is 2.78. The molecule has 0 atom stereocenters. The number of esters is 1. The lowest BCUT2D eigenvalue weighted by molar-refractivity contribution is 0.0518. The Bertz CT molecular complexity index is 508. The number of alkyl carbamates (subject to hydrolysis) is 1. The predicted molar refractivity (Wildman–Crippen MR) is 70.8 cm³/mol. The third kappa shape index (κ3) is 4.87. The van der Waals surface area contributed by atoms with Gasteiger partial charge >= 0.3 is 12.1 Å². The first-order valence-corrected chi connectivity index (χ1v) is 6.06. The Morgan fingerprint density at radius 3 is 2.50 bits per heavy atom. The van der Waals surface area contributed by atoms with Crippen molar-refractivity contribution in [1.82, 2.24) is 5.32 Å². The average molecular weight is 283 g/mol. The van der Waals surface area contributed by atoms with Crippen molar-refractivity contribution in [1.29, 1.82) is 0 Å². The topological polar surface area (TPSA) is 64.6 Å². The van der Waals surface area contributed by atoms with Crippen molar-refractivity contribution < 1.29 is 23.5 Å². The molecule has 0 radical (unpaired) electrons. The highest BCUT2D eigenvalue weighted by molar-refractivity contribution is 5.91. The van der Waals surface area contributed by atoms with Gasteiger partial charge in [-0.25, -0.2) is 14.0 Å². The van der Waals surface area contributed by atoms with Crippen molar-refractivity contribution >= 4 is 12.1 Å². The summed E-state index contributed by atoms with van der Waals surface area (Å²) in [5, 5.41) is 2.50. The Morgan fingerprint density at radius 1 is 1.30 bits per heavy atom. The minimum absolute atomic E-state index is 0.0413. The number of halogens is 1. The number of carbonyl (C=O) groups is 2. The molecule has 0 bridgehead atoms. The summed E-state index contributed by atoms with van der Waals surface area (Å²) in [7, 11) is 1.21. The Hall–Kier alpha value is -2.11. The second-order valence-electron chi connectivity index (χ2n) is 5.15.